The van der Waals surface area contributed by atoms with Gasteiger partial charge in [-0.2, -0.15) is 0 Å². The second kappa shape index (κ2) is 12.5. The van der Waals surface area contributed by atoms with E-state index in [0.717, 1.165) is 32.8 Å². The maximum Gasteiger partial charge on any atom is 0.244 e. The Kier molecular flexibility index (Phi) is 9.47. The van der Waals surface area contributed by atoms with Crippen LogP contribution in [0.3, 0.4) is 0 Å². The van der Waals surface area contributed by atoms with E-state index in [1.807, 2.05) is 87.5 Å². The van der Waals surface area contributed by atoms with Crippen LogP contribution >= 0.6 is 0 Å². The molecule has 0 heterocycles. The van der Waals surface area contributed by atoms with Crippen LogP contribution in [0, 0.1) is 13.8 Å². The molecule has 0 saturated carbocycles. The Balaban J connectivity index is 2.03. The largest absolute Gasteiger partial charge is 0.355 e. The third-order valence-corrected chi connectivity index (χ3v) is 7.42. The van der Waals surface area contributed by atoms with Gasteiger partial charge in [-0.3, -0.25) is 13.9 Å². The van der Waals surface area contributed by atoms with E-state index in [1.165, 1.54) is 4.90 Å². The van der Waals surface area contributed by atoms with Crippen molar-refractivity contribution < 1.29 is 18.0 Å². The van der Waals surface area contributed by atoms with E-state index < -0.39 is 28.5 Å². The van der Waals surface area contributed by atoms with Crippen molar-refractivity contribution in [1.82, 2.24) is 10.2 Å². The summed E-state index contributed by atoms with van der Waals surface area (Å²) in [6.45, 7) is 5.82. The molecule has 2 amide bonds. The van der Waals surface area contributed by atoms with Gasteiger partial charge in [-0.05, 0) is 55.2 Å². The van der Waals surface area contributed by atoms with Gasteiger partial charge in [0.25, 0.3) is 0 Å². The number of hydrogen-bond donors (Lipinski definition) is 1. The van der Waals surface area contributed by atoms with Gasteiger partial charge >= 0.3 is 0 Å². The lowest BCUT2D eigenvalue weighted by molar-refractivity contribution is -0.140. The number of benzene rings is 3. The van der Waals surface area contributed by atoms with Crippen LogP contribution in [0.4, 0.5) is 5.69 Å². The van der Waals surface area contributed by atoms with E-state index in [4.69, 9.17) is 0 Å². The SMILES string of the molecule is CCNC(=O)[C@H](Cc1ccccc1)N(Cc1ccccc1)C(=O)CN(c1ccc(C)c(C)c1)S(C)(=O)=O. The molecule has 0 aliphatic rings. The molecule has 0 spiro atoms. The van der Waals surface area contributed by atoms with Crippen molar-refractivity contribution in [2.75, 3.05) is 23.7 Å². The number of anilines is 1. The van der Waals surface area contributed by atoms with Crippen LogP contribution in [0.5, 0.6) is 0 Å². The number of nitrogens with one attached hydrogen (secondary N) is 1. The van der Waals surface area contributed by atoms with Crippen LogP contribution in [0.2, 0.25) is 0 Å². The first-order chi connectivity index (χ1) is 17.6. The van der Waals surface area contributed by atoms with Crippen molar-refractivity contribution in [3.63, 3.8) is 0 Å². The summed E-state index contributed by atoms with van der Waals surface area (Å²) in [5, 5.41) is 2.85. The second-order valence-electron chi connectivity index (χ2n) is 9.15. The minimum atomic E-state index is -3.78. The van der Waals surface area contributed by atoms with Gasteiger partial charge in [0.05, 0.1) is 11.9 Å². The van der Waals surface area contributed by atoms with Crippen LogP contribution in [-0.2, 0) is 32.6 Å². The summed E-state index contributed by atoms with van der Waals surface area (Å²) in [7, 11) is -3.78. The molecule has 3 aromatic carbocycles. The van der Waals surface area contributed by atoms with Gasteiger partial charge in [0.2, 0.25) is 21.8 Å². The lowest BCUT2D eigenvalue weighted by Crippen LogP contribution is -2.53. The number of aryl methyl sites for hydroxylation is 2. The van der Waals surface area contributed by atoms with Gasteiger partial charge in [0.15, 0.2) is 0 Å². The molecule has 0 saturated heterocycles. The molecule has 7 nitrogen and oxygen atoms in total. The number of carbonyl (C=O) groups excluding carboxylic acids is 2. The fourth-order valence-corrected chi connectivity index (χ4v) is 4.96. The molecule has 0 unspecified atom stereocenters. The molecule has 1 atom stereocenters. The summed E-state index contributed by atoms with van der Waals surface area (Å²) in [5.74, 6) is -0.743. The third kappa shape index (κ3) is 7.67. The normalized spacial score (nSPS) is 12.0. The van der Waals surface area contributed by atoms with Crippen LogP contribution in [0.1, 0.15) is 29.2 Å². The van der Waals surface area contributed by atoms with Gasteiger partial charge in [0.1, 0.15) is 12.6 Å². The minimum Gasteiger partial charge on any atom is -0.355 e. The number of carbonyl (C=O) groups is 2. The molecule has 8 heteroatoms. The molecular weight excluding hydrogens is 486 g/mol. The molecule has 3 rings (SSSR count). The maximum absolute atomic E-state index is 13.9. The van der Waals surface area contributed by atoms with E-state index in [9.17, 15) is 18.0 Å². The Hall–Kier alpha value is -3.65. The Labute approximate surface area is 220 Å². The van der Waals surface area contributed by atoms with Crippen LogP contribution in [-0.4, -0.2) is 50.5 Å². The topological polar surface area (TPSA) is 86.8 Å². The average molecular weight is 522 g/mol. The molecule has 0 radical (unpaired) electrons. The van der Waals surface area contributed by atoms with Gasteiger partial charge in [-0.15, -0.1) is 0 Å². The fraction of sp³-hybridized carbons (Fsp3) is 0.310. The highest BCUT2D eigenvalue weighted by Gasteiger charge is 2.32. The van der Waals surface area contributed by atoms with Crippen molar-refractivity contribution in [1.29, 1.82) is 0 Å². The van der Waals surface area contributed by atoms with Crippen molar-refractivity contribution >= 4 is 27.5 Å². The number of rotatable bonds is 11. The maximum atomic E-state index is 13.9. The fourth-order valence-electron chi connectivity index (χ4n) is 4.12. The van der Waals surface area contributed by atoms with E-state index in [0.29, 0.717) is 18.7 Å². The first-order valence-corrected chi connectivity index (χ1v) is 14.1. The number of amides is 2. The van der Waals surface area contributed by atoms with Crippen molar-refractivity contribution in [2.24, 2.45) is 0 Å². The number of nitrogens with zero attached hydrogens (tertiary/aromatic N) is 2. The van der Waals surface area contributed by atoms with Crippen LogP contribution < -0.4 is 9.62 Å². The summed E-state index contributed by atoms with van der Waals surface area (Å²) >= 11 is 0. The lowest BCUT2D eigenvalue weighted by atomic mass is 10.0. The minimum absolute atomic E-state index is 0.166. The number of sulfonamides is 1. The predicted octanol–water partition coefficient (Wildman–Crippen LogP) is 3.85. The quantitative estimate of drug-likeness (QED) is 0.415. The first-order valence-electron chi connectivity index (χ1n) is 12.3. The highest BCUT2D eigenvalue weighted by molar-refractivity contribution is 7.92. The summed E-state index contributed by atoms with van der Waals surface area (Å²) < 4.78 is 26.7. The zero-order chi connectivity index (χ0) is 27.0. The number of likely N-dealkylation sites (N-methyl/N-ethyl adjacent to an activating group) is 1. The highest BCUT2D eigenvalue weighted by atomic mass is 32.2. The second-order valence-corrected chi connectivity index (χ2v) is 11.1. The average Bonchev–Trinajstić information content (AvgIpc) is 2.87. The van der Waals surface area contributed by atoms with E-state index in [2.05, 4.69) is 5.32 Å². The molecule has 196 valence electrons. The summed E-state index contributed by atoms with van der Waals surface area (Å²) in [5.41, 5.74) is 4.10. The molecule has 0 aliphatic heterocycles. The van der Waals surface area contributed by atoms with Gasteiger partial charge in [-0.25, -0.2) is 8.42 Å². The smallest absolute Gasteiger partial charge is 0.244 e. The molecule has 0 fully saturated rings. The summed E-state index contributed by atoms with van der Waals surface area (Å²) in [6, 6.07) is 23.4. The summed E-state index contributed by atoms with van der Waals surface area (Å²) in [6.07, 6.45) is 1.38. The number of hydrogen-bond acceptors (Lipinski definition) is 4. The lowest BCUT2D eigenvalue weighted by Gasteiger charge is -2.33. The zero-order valence-electron chi connectivity index (χ0n) is 21.8. The predicted molar refractivity (Wildman–Crippen MR) is 148 cm³/mol. The molecule has 0 aromatic heterocycles. The summed E-state index contributed by atoms with van der Waals surface area (Å²) in [4.78, 5) is 28.7. The van der Waals surface area contributed by atoms with Gasteiger partial charge in [0, 0.05) is 19.5 Å². The standard InChI is InChI=1S/C29H35N3O4S/c1-5-30-29(34)27(19-24-12-8-6-9-13-24)31(20-25-14-10-7-11-15-25)28(33)21-32(37(4,35)36)26-17-16-22(2)23(3)18-26/h6-18,27H,5,19-21H2,1-4H3,(H,30,34)/t27-/m0/s1. The van der Waals surface area contributed by atoms with E-state index in [1.54, 1.807) is 12.1 Å². The Bertz CT molecular complexity index is 1310. The van der Waals surface area contributed by atoms with Gasteiger partial charge < -0.3 is 10.2 Å². The van der Waals surface area contributed by atoms with Crippen molar-refractivity contribution in [2.45, 2.75) is 39.8 Å². The Morgan fingerprint density at radius 3 is 2.00 bits per heavy atom. The van der Waals surface area contributed by atoms with Crippen LogP contribution in [0.15, 0.2) is 78.9 Å². The molecule has 0 aliphatic carbocycles. The van der Waals surface area contributed by atoms with E-state index >= 15 is 0 Å². The first kappa shape index (κ1) is 27.9. The highest BCUT2D eigenvalue weighted by Crippen LogP contribution is 2.23. The monoisotopic (exact) mass is 521 g/mol. The Morgan fingerprint density at radius 1 is 0.865 bits per heavy atom. The van der Waals surface area contributed by atoms with Crippen molar-refractivity contribution in [3.8, 4) is 0 Å². The van der Waals surface area contributed by atoms with E-state index in [-0.39, 0.29) is 12.5 Å². The molecule has 37 heavy (non-hydrogen) atoms. The zero-order valence-corrected chi connectivity index (χ0v) is 22.7. The molecular formula is C29H35N3O4S. The van der Waals surface area contributed by atoms with Gasteiger partial charge in [-0.1, -0.05) is 66.7 Å². The molecule has 1 N–H and O–H groups in total. The third-order valence-electron chi connectivity index (χ3n) is 6.28. The molecule has 3 aromatic rings. The van der Waals surface area contributed by atoms with Crippen molar-refractivity contribution in [3.05, 3.63) is 101 Å². The molecule has 0 bridgehead atoms. The van der Waals surface area contributed by atoms with Crippen LogP contribution in [0.25, 0.3) is 0 Å². The Morgan fingerprint density at radius 2 is 1.46 bits per heavy atom.